The summed E-state index contributed by atoms with van der Waals surface area (Å²) in [6, 6.07) is 7.85. The number of rotatable bonds is 6. The van der Waals surface area contributed by atoms with Crippen LogP contribution in [0.3, 0.4) is 0 Å². The molecule has 0 aliphatic heterocycles. The summed E-state index contributed by atoms with van der Waals surface area (Å²) in [6.07, 6.45) is 0.937. The zero-order valence-corrected chi connectivity index (χ0v) is 11.7. The van der Waals surface area contributed by atoms with Crippen LogP contribution in [0.5, 0.6) is 0 Å². The van der Waals surface area contributed by atoms with E-state index in [1.807, 2.05) is 24.3 Å². The molecule has 0 aliphatic rings. The first kappa shape index (κ1) is 14.5. The average Bonchev–Trinajstić information content (AvgIpc) is 2.25. The maximum Gasteiger partial charge on any atom is 0.0453 e. The predicted molar refractivity (Wildman–Crippen MR) is 75.3 cm³/mol. The van der Waals surface area contributed by atoms with E-state index in [4.69, 9.17) is 17.3 Å². The Morgan fingerprint density at radius 2 is 1.94 bits per heavy atom. The maximum absolute atomic E-state index is 6.16. The smallest absolute Gasteiger partial charge is 0.0453 e. The Morgan fingerprint density at radius 1 is 1.29 bits per heavy atom. The molecule has 0 spiro atoms. The largest absolute Gasteiger partial charge is 0.324 e. The monoisotopic (exact) mass is 254 g/mol. The van der Waals surface area contributed by atoms with E-state index in [1.165, 1.54) is 0 Å². The van der Waals surface area contributed by atoms with Crippen LogP contribution in [0, 0.1) is 5.92 Å². The van der Waals surface area contributed by atoms with Gasteiger partial charge in [-0.1, -0.05) is 43.6 Å². The highest BCUT2D eigenvalue weighted by Crippen LogP contribution is 2.23. The molecule has 0 aromatic heterocycles. The molecule has 2 nitrogen and oxygen atoms in total. The molecule has 1 aromatic rings. The van der Waals surface area contributed by atoms with Gasteiger partial charge in [-0.05, 0) is 37.6 Å². The molecule has 0 bridgehead atoms. The van der Waals surface area contributed by atoms with Gasteiger partial charge in [0.25, 0.3) is 0 Å². The number of hydrogen-bond donors (Lipinski definition) is 1. The van der Waals surface area contributed by atoms with Gasteiger partial charge in [0, 0.05) is 17.6 Å². The molecule has 0 saturated carbocycles. The zero-order chi connectivity index (χ0) is 12.8. The first-order chi connectivity index (χ1) is 8.00. The summed E-state index contributed by atoms with van der Waals surface area (Å²) in [5.41, 5.74) is 7.21. The maximum atomic E-state index is 6.16. The quantitative estimate of drug-likeness (QED) is 0.844. The van der Waals surface area contributed by atoms with E-state index >= 15 is 0 Å². The summed E-state index contributed by atoms with van der Waals surface area (Å²) in [4.78, 5) is 2.32. The van der Waals surface area contributed by atoms with Crippen molar-refractivity contribution in [1.29, 1.82) is 0 Å². The Kier molecular flexibility index (Phi) is 5.96. The van der Waals surface area contributed by atoms with Crippen molar-refractivity contribution in [3.05, 3.63) is 34.9 Å². The standard InChI is InChI=1S/C14H23ClN2/c1-11(2)10-17(3)9-8-14(16)12-6-4-5-7-13(12)15/h4-7,11,14H,8-10,16H2,1-3H3. The van der Waals surface area contributed by atoms with Crippen LogP contribution < -0.4 is 5.73 Å². The molecule has 0 heterocycles. The molecule has 0 aliphatic carbocycles. The number of benzene rings is 1. The topological polar surface area (TPSA) is 29.3 Å². The fraction of sp³-hybridized carbons (Fsp3) is 0.571. The SMILES string of the molecule is CC(C)CN(C)CCC(N)c1ccccc1Cl. The molecule has 96 valence electrons. The minimum atomic E-state index is 0.0262. The van der Waals surface area contributed by atoms with E-state index in [2.05, 4.69) is 25.8 Å². The highest BCUT2D eigenvalue weighted by molar-refractivity contribution is 6.31. The van der Waals surface area contributed by atoms with Crippen molar-refractivity contribution in [2.45, 2.75) is 26.3 Å². The Balaban J connectivity index is 2.45. The molecule has 2 N–H and O–H groups in total. The molecule has 17 heavy (non-hydrogen) atoms. The van der Waals surface area contributed by atoms with Crippen LogP contribution in [0.1, 0.15) is 31.9 Å². The van der Waals surface area contributed by atoms with Crippen molar-refractivity contribution in [2.24, 2.45) is 11.7 Å². The van der Waals surface area contributed by atoms with Crippen LogP contribution >= 0.6 is 11.6 Å². The lowest BCUT2D eigenvalue weighted by atomic mass is 10.0. The Bertz CT molecular complexity index is 339. The predicted octanol–water partition coefficient (Wildman–Crippen LogP) is 3.32. The fourth-order valence-electron chi connectivity index (χ4n) is 2.01. The van der Waals surface area contributed by atoms with Crippen LogP contribution in [0.15, 0.2) is 24.3 Å². The molecular formula is C14H23ClN2. The number of nitrogens with zero attached hydrogens (tertiary/aromatic N) is 1. The van der Waals surface area contributed by atoms with Crippen molar-refractivity contribution < 1.29 is 0 Å². The van der Waals surface area contributed by atoms with E-state index in [0.717, 1.165) is 30.1 Å². The third-order valence-electron chi connectivity index (χ3n) is 2.80. The lowest BCUT2D eigenvalue weighted by molar-refractivity contribution is 0.284. The highest BCUT2D eigenvalue weighted by Gasteiger charge is 2.10. The van der Waals surface area contributed by atoms with Crippen LogP contribution in [-0.2, 0) is 0 Å². The molecule has 1 atom stereocenters. The molecule has 0 radical (unpaired) electrons. The third kappa shape index (κ3) is 5.07. The van der Waals surface area contributed by atoms with Gasteiger partial charge in [0.2, 0.25) is 0 Å². The molecule has 0 fully saturated rings. The Hall–Kier alpha value is -0.570. The second kappa shape index (κ2) is 7.00. The van der Waals surface area contributed by atoms with E-state index < -0.39 is 0 Å². The second-order valence-electron chi connectivity index (χ2n) is 5.07. The van der Waals surface area contributed by atoms with Gasteiger partial charge in [-0.3, -0.25) is 0 Å². The minimum absolute atomic E-state index is 0.0262. The van der Waals surface area contributed by atoms with Gasteiger partial charge >= 0.3 is 0 Å². The van der Waals surface area contributed by atoms with Gasteiger partial charge in [-0.15, -0.1) is 0 Å². The van der Waals surface area contributed by atoms with Gasteiger partial charge in [0.1, 0.15) is 0 Å². The van der Waals surface area contributed by atoms with Gasteiger partial charge in [-0.25, -0.2) is 0 Å². The van der Waals surface area contributed by atoms with E-state index in [9.17, 15) is 0 Å². The van der Waals surface area contributed by atoms with Crippen molar-refractivity contribution >= 4 is 11.6 Å². The third-order valence-corrected chi connectivity index (χ3v) is 3.15. The van der Waals surface area contributed by atoms with Crippen molar-refractivity contribution in [3.8, 4) is 0 Å². The van der Waals surface area contributed by atoms with Crippen LogP contribution in [0.4, 0.5) is 0 Å². The van der Waals surface area contributed by atoms with Gasteiger partial charge in [0.05, 0.1) is 0 Å². The van der Waals surface area contributed by atoms with Crippen LogP contribution in [0.2, 0.25) is 5.02 Å². The number of nitrogens with two attached hydrogens (primary N) is 1. The molecule has 1 unspecified atom stereocenters. The van der Waals surface area contributed by atoms with Crippen molar-refractivity contribution in [3.63, 3.8) is 0 Å². The average molecular weight is 255 g/mol. The normalized spacial score (nSPS) is 13.4. The van der Waals surface area contributed by atoms with Crippen molar-refractivity contribution in [2.75, 3.05) is 20.1 Å². The number of halogens is 1. The highest BCUT2D eigenvalue weighted by atomic mass is 35.5. The van der Waals surface area contributed by atoms with Gasteiger partial charge in [0.15, 0.2) is 0 Å². The Labute approximate surface area is 110 Å². The molecule has 3 heteroatoms. The van der Waals surface area contributed by atoms with Gasteiger partial charge in [-0.2, -0.15) is 0 Å². The lowest BCUT2D eigenvalue weighted by Gasteiger charge is -2.21. The van der Waals surface area contributed by atoms with Crippen LogP contribution in [-0.4, -0.2) is 25.0 Å². The van der Waals surface area contributed by atoms with E-state index in [0.29, 0.717) is 5.92 Å². The summed E-state index contributed by atoms with van der Waals surface area (Å²) in [6.45, 7) is 6.56. The first-order valence-corrected chi connectivity index (χ1v) is 6.57. The van der Waals surface area contributed by atoms with Crippen molar-refractivity contribution in [1.82, 2.24) is 4.90 Å². The second-order valence-corrected chi connectivity index (χ2v) is 5.48. The summed E-state index contributed by atoms with van der Waals surface area (Å²) < 4.78 is 0. The molecular weight excluding hydrogens is 232 g/mol. The summed E-state index contributed by atoms with van der Waals surface area (Å²) in [5, 5.41) is 0.770. The van der Waals surface area contributed by atoms with E-state index in [1.54, 1.807) is 0 Å². The lowest BCUT2D eigenvalue weighted by Crippen LogP contribution is -2.27. The summed E-state index contributed by atoms with van der Waals surface area (Å²) in [5.74, 6) is 0.691. The van der Waals surface area contributed by atoms with Crippen LogP contribution in [0.25, 0.3) is 0 Å². The Morgan fingerprint density at radius 3 is 2.53 bits per heavy atom. The molecule has 0 amide bonds. The summed E-state index contributed by atoms with van der Waals surface area (Å²) in [7, 11) is 2.14. The van der Waals surface area contributed by atoms with Gasteiger partial charge < -0.3 is 10.6 Å². The fourth-order valence-corrected chi connectivity index (χ4v) is 2.28. The minimum Gasteiger partial charge on any atom is -0.324 e. The molecule has 1 rings (SSSR count). The van der Waals surface area contributed by atoms with E-state index in [-0.39, 0.29) is 6.04 Å². The zero-order valence-electron chi connectivity index (χ0n) is 11.0. The molecule has 1 aromatic carbocycles. The molecule has 0 saturated heterocycles. The number of hydrogen-bond acceptors (Lipinski definition) is 2. The first-order valence-electron chi connectivity index (χ1n) is 6.19. The summed E-state index contributed by atoms with van der Waals surface area (Å²) >= 11 is 6.13.